The summed E-state index contributed by atoms with van der Waals surface area (Å²) in [5.41, 5.74) is 0. The highest BCUT2D eigenvalue weighted by molar-refractivity contribution is 7.99. The molecule has 1 aromatic rings. The van der Waals surface area contributed by atoms with Gasteiger partial charge in [-0.25, -0.2) is 8.42 Å². The minimum Gasteiger partial charge on any atom is -0.353 e. The van der Waals surface area contributed by atoms with Crippen LogP contribution in [-0.2, 0) is 21.7 Å². The van der Waals surface area contributed by atoms with Crippen molar-refractivity contribution in [3.8, 4) is 0 Å². The number of nitrogens with one attached hydrogen (secondary N) is 1. The van der Waals surface area contributed by atoms with Crippen LogP contribution in [0.3, 0.4) is 0 Å². The first-order valence-corrected chi connectivity index (χ1v) is 10.7. The second-order valence-corrected chi connectivity index (χ2v) is 9.65. The van der Waals surface area contributed by atoms with Crippen LogP contribution in [0.4, 0.5) is 0 Å². The van der Waals surface area contributed by atoms with Crippen molar-refractivity contribution < 1.29 is 13.2 Å². The molecule has 7 nitrogen and oxygen atoms in total. The van der Waals surface area contributed by atoms with Gasteiger partial charge in [-0.3, -0.25) is 4.79 Å². The molecule has 2 fully saturated rings. The minimum absolute atomic E-state index is 0.00222. The lowest BCUT2D eigenvalue weighted by molar-refractivity contribution is -0.119. The van der Waals surface area contributed by atoms with E-state index in [2.05, 4.69) is 15.5 Å². The summed E-state index contributed by atoms with van der Waals surface area (Å²) in [7, 11) is -1.12. The molecular weight excluding hydrogens is 336 g/mol. The molecule has 1 aliphatic heterocycles. The van der Waals surface area contributed by atoms with Crippen LogP contribution in [-0.4, -0.2) is 52.4 Å². The maximum absolute atomic E-state index is 11.9. The van der Waals surface area contributed by atoms with Gasteiger partial charge in [0.15, 0.2) is 15.0 Å². The van der Waals surface area contributed by atoms with Crippen LogP contribution < -0.4 is 5.32 Å². The third-order valence-electron chi connectivity index (χ3n) is 4.52. The van der Waals surface area contributed by atoms with Gasteiger partial charge in [0.2, 0.25) is 5.91 Å². The predicted molar refractivity (Wildman–Crippen MR) is 88.1 cm³/mol. The second-order valence-electron chi connectivity index (χ2n) is 6.48. The van der Waals surface area contributed by atoms with E-state index in [-0.39, 0.29) is 29.4 Å². The van der Waals surface area contributed by atoms with Gasteiger partial charge in [0.1, 0.15) is 5.82 Å². The number of rotatable bonds is 6. The number of thioether (sulfide) groups is 1. The molecule has 0 aromatic carbocycles. The quantitative estimate of drug-likeness (QED) is 0.753. The van der Waals surface area contributed by atoms with Gasteiger partial charge in [-0.15, -0.1) is 10.2 Å². The minimum atomic E-state index is -2.94. The summed E-state index contributed by atoms with van der Waals surface area (Å²) in [5.74, 6) is 1.90. The molecular formula is C14H22N4O3S2. The van der Waals surface area contributed by atoms with Gasteiger partial charge in [-0.05, 0) is 32.1 Å². The number of nitrogens with zero attached hydrogens (tertiary/aromatic N) is 3. The zero-order valence-electron chi connectivity index (χ0n) is 13.4. The standard InChI is InChI=1S/C14H22N4O3S2/c1-9(10-3-4-10)15-12(19)7-22-14-17-16-13(18(14)2)11-5-6-23(20,21)8-11/h9-11H,3-8H2,1-2H3,(H,15,19)/t9-,11+/m0/s1. The maximum atomic E-state index is 11.9. The largest absolute Gasteiger partial charge is 0.353 e. The lowest BCUT2D eigenvalue weighted by atomic mass is 10.1. The van der Waals surface area contributed by atoms with Crippen LogP contribution in [0.5, 0.6) is 0 Å². The Bertz CT molecular complexity index is 697. The van der Waals surface area contributed by atoms with Crippen LogP contribution in [0, 0.1) is 5.92 Å². The fourth-order valence-corrected chi connectivity index (χ4v) is 5.41. The smallest absolute Gasteiger partial charge is 0.230 e. The Morgan fingerprint density at radius 3 is 2.74 bits per heavy atom. The monoisotopic (exact) mass is 358 g/mol. The van der Waals surface area contributed by atoms with Gasteiger partial charge in [0, 0.05) is 19.0 Å². The average molecular weight is 358 g/mol. The molecule has 0 bridgehead atoms. The summed E-state index contributed by atoms with van der Waals surface area (Å²) < 4.78 is 25.0. The SMILES string of the molecule is C[C@H](NC(=O)CSc1nnc([C@@H]2CCS(=O)(=O)C2)n1C)C1CC1. The molecule has 3 rings (SSSR count). The number of amides is 1. The van der Waals surface area contributed by atoms with Crippen molar-refractivity contribution in [2.24, 2.45) is 13.0 Å². The number of carbonyl (C=O) groups is 1. The van der Waals surface area contributed by atoms with E-state index in [4.69, 9.17) is 0 Å². The molecule has 128 valence electrons. The van der Waals surface area contributed by atoms with E-state index in [9.17, 15) is 13.2 Å². The number of carbonyl (C=O) groups excluding carboxylic acids is 1. The van der Waals surface area contributed by atoms with Crippen molar-refractivity contribution >= 4 is 27.5 Å². The molecule has 1 saturated heterocycles. The average Bonchev–Trinajstić information content (AvgIpc) is 3.18. The van der Waals surface area contributed by atoms with Crippen molar-refractivity contribution in [1.82, 2.24) is 20.1 Å². The van der Waals surface area contributed by atoms with Crippen LogP contribution in [0.15, 0.2) is 5.16 Å². The fraction of sp³-hybridized carbons (Fsp3) is 0.786. The van der Waals surface area contributed by atoms with Crippen molar-refractivity contribution in [3.05, 3.63) is 5.82 Å². The van der Waals surface area contributed by atoms with E-state index in [0.29, 0.717) is 29.1 Å². The lowest BCUT2D eigenvalue weighted by Crippen LogP contribution is -2.35. The second kappa shape index (κ2) is 6.43. The Morgan fingerprint density at radius 2 is 2.13 bits per heavy atom. The maximum Gasteiger partial charge on any atom is 0.230 e. The zero-order chi connectivity index (χ0) is 16.6. The third kappa shape index (κ3) is 4.06. The summed E-state index contributed by atoms with van der Waals surface area (Å²) in [4.78, 5) is 11.9. The predicted octanol–water partition coefficient (Wildman–Crippen LogP) is 0.724. The highest BCUT2D eigenvalue weighted by atomic mass is 32.2. The molecule has 2 atom stereocenters. The molecule has 9 heteroatoms. The Balaban J connectivity index is 1.56. The van der Waals surface area contributed by atoms with Gasteiger partial charge in [-0.1, -0.05) is 11.8 Å². The van der Waals surface area contributed by atoms with Crippen LogP contribution in [0.2, 0.25) is 0 Å². The van der Waals surface area contributed by atoms with Gasteiger partial charge < -0.3 is 9.88 Å². The van der Waals surface area contributed by atoms with Gasteiger partial charge in [0.05, 0.1) is 17.3 Å². The summed E-state index contributed by atoms with van der Waals surface area (Å²) in [6, 6.07) is 0.238. The van der Waals surface area contributed by atoms with Crippen molar-refractivity contribution in [3.63, 3.8) is 0 Å². The topological polar surface area (TPSA) is 94.0 Å². The van der Waals surface area contributed by atoms with E-state index in [1.54, 1.807) is 0 Å². The van der Waals surface area contributed by atoms with Crippen LogP contribution in [0.1, 0.15) is 37.9 Å². The molecule has 1 amide bonds. The lowest BCUT2D eigenvalue weighted by Gasteiger charge is -2.12. The molecule has 0 radical (unpaired) electrons. The molecule has 1 aliphatic carbocycles. The first-order valence-electron chi connectivity index (χ1n) is 7.87. The van der Waals surface area contributed by atoms with Gasteiger partial charge in [0.25, 0.3) is 0 Å². The van der Waals surface area contributed by atoms with Crippen molar-refractivity contribution in [2.75, 3.05) is 17.3 Å². The highest BCUT2D eigenvalue weighted by Crippen LogP contribution is 2.32. The molecule has 2 heterocycles. The van der Waals surface area contributed by atoms with Crippen LogP contribution in [0.25, 0.3) is 0 Å². The Labute approximate surface area is 140 Å². The molecule has 1 N–H and O–H groups in total. The Hall–Kier alpha value is -1.09. The normalized spacial score (nSPS) is 24.5. The highest BCUT2D eigenvalue weighted by Gasteiger charge is 2.33. The molecule has 1 aromatic heterocycles. The van der Waals surface area contributed by atoms with E-state index >= 15 is 0 Å². The summed E-state index contributed by atoms with van der Waals surface area (Å²) in [5, 5.41) is 11.9. The van der Waals surface area contributed by atoms with Gasteiger partial charge in [-0.2, -0.15) is 0 Å². The molecule has 2 aliphatic rings. The molecule has 23 heavy (non-hydrogen) atoms. The van der Waals surface area contributed by atoms with Crippen molar-refractivity contribution in [1.29, 1.82) is 0 Å². The summed E-state index contributed by atoms with van der Waals surface area (Å²) in [6.07, 6.45) is 3.00. The van der Waals surface area contributed by atoms with E-state index in [0.717, 1.165) is 0 Å². The van der Waals surface area contributed by atoms with E-state index in [1.165, 1.54) is 24.6 Å². The van der Waals surface area contributed by atoms with Crippen molar-refractivity contribution in [2.45, 2.75) is 43.3 Å². The first-order chi connectivity index (χ1) is 10.9. The zero-order valence-corrected chi connectivity index (χ0v) is 15.0. The number of aromatic nitrogens is 3. The Kier molecular flexibility index (Phi) is 4.68. The van der Waals surface area contributed by atoms with Gasteiger partial charge >= 0.3 is 0 Å². The van der Waals surface area contributed by atoms with E-state index in [1.807, 2.05) is 18.5 Å². The number of hydrogen-bond acceptors (Lipinski definition) is 6. The summed E-state index contributed by atoms with van der Waals surface area (Å²) in [6.45, 7) is 2.04. The third-order valence-corrected chi connectivity index (χ3v) is 7.30. The molecule has 0 unspecified atom stereocenters. The van der Waals surface area contributed by atoms with Crippen LogP contribution >= 0.6 is 11.8 Å². The van der Waals surface area contributed by atoms with E-state index < -0.39 is 9.84 Å². The Morgan fingerprint density at radius 1 is 1.39 bits per heavy atom. The molecule has 1 saturated carbocycles. The first kappa shape index (κ1) is 16.8. The fourth-order valence-electron chi connectivity index (χ4n) is 2.95. The number of sulfone groups is 1. The summed E-state index contributed by atoms with van der Waals surface area (Å²) >= 11 is 1.34. The molecule has 0 spiro atoms. The number of hydrogen-bond donors (Lipinski definition) is 1.